The maximum Gasteiger partial charge on any atom is 0.171 e. The summed E-state index contributed by atoms with van der Waals surface area (Å²) in [5.41, 5.74) is 15.5. The van der Waals surface area contributed by atoms with Gasteiger partial charge in [-0.1, -0.05) is 34.6 Å². The van der Waals surface area contributed by atoms with Crippen LogP contribution >= 0.6 is 0 Å². The summed E-state index contributed by atoms with van der Waals surface area (Å²) in [6.45, 7) is 0. The van der Waals surface area contributed by atoms with Gasteiger partial charge in [0.05, 0.1) is 11.4 Å². The molecule has 6 N–H and O–H groups in total. The molecule has 2 aromatic heterocycles. The van der Waals surface area contributed by atoms with E-state index in [1.54, 1.807) is 36.7 Å². The van der Waals surface area contributed by atoms with Crippen molar-refractivity contribution >= 4 is 11.7 Å². The number of aromatic nitrogens is 2. The number of pyridine rings is 2. The molecule has 26 heavy (non-hydrogen) atoms. The number of hydrogen-bond acceptors (Lipinski definition) is 6. The summed E-state index contributed by atoms with van der Waals surface area (Å²) in [7, 11) is 0. The molecule has 1 aromatic carbocycles. The third-order valence-corrected chi connectivity index (χ3v) is 3.81. The van der Waals surface area contributed by atoms with Crippen LogP contribution in [0.4, 0.5) is 0 Å². The van der Waals surface area contributed by atoms with Crippen LogP contribution in [0.25, 0.3) is 22.5 Å². The molecule has 0 aliphatic rings. The van der Waals surface area contributed by atoms with Gasteiger partial charge < -0.3 is 21.9 Å². The first kappa shape index (κ1) is 16.9. The highest BCUT2D eigenvalue weighted by Gasteiger charge is 2.05. The normalized spacial score (nSPS) is 12.2. The Kier molecular flexibility index (Phi) is 4.75. The fourth-order valence-corrected chi connectivity index (χ4v) is 2.36. The maximum absolute atomic E-state index is 8.68. The molecule has 0 atom stereocenters. The van der Waals surface area contributed by atoms with Crippen molar-refractivity contribution < 1.29 is 10.4 Å². The zero-order valence-electron chi connectivity index (χ0n) is 13.6. The molecule has 0 radical (unpaired) electrons. The van der Waals surface area contributed by atoms with E-state index >= 15 is 0 Å². The molecule has 8 heteroatoms. The summed E-state index contributed by atoms with van der Waals surface area (Å²) in [5, 5.41) is 23.3. The van der Waals surface area contributed by atoms with Gasteiger partial charge in [0.15, 0.2) is 11.7 Å². The van der Waals surface area contributed by atoms with Gasteiger partial charge in [-0.25, -0.2) is 0 Å². The minimum atomic E-state index is 0.0146. The van der Waals surface area contributed by atoms with Crippen molar-refractivity contribution in [3.63, 3.8) is 0 Å². The number of benzene rings is 1. The number of nitrogens with zero attached hydrogens (tertiary/aromatic N) is 4. The van der Waals surface area contributed by atoms with Gasteiger partial charge in [0.2, 0.25) is 0 Å². The van der Waals surface area contributed by atoms with Crippen molar-refractivity contribution in [2.24, 2.45) is 21.8 Å². The Morgan fingerprint density at radius 2 is 1.04 bits per heavy atom. The molecule has 130 valence electrons. The van der Waals surface area contributed by atoms with Gasteiger partial charge in [-0.15, -0.1) is 0 Å². The SMILES string of the molecule is N/C(=N\O)c1ccc(-c2ccc(-c3ccc(/C(N)=N/O)cn3)cc2)nc1. The highest BCUT2D eigenvalue weighted by atomic mass is 16.4. The Morgan fingerprint density at radius 3 is 1.31 bits per heavy atom. The lowest BCUT2D eigenvalue weighted by Crippen LogP contribution is -2.13. The quantitative estimate of drug-likeness (QED) is 0.246. The van der Waals surface area contributed by atoms with E-state index in [4.69, 9.17) is 21.9 Å². The Balaban J connectivity index is 1.82. The van der Waals surface area contributed by atoms with Gasteiger partial charge >= 0.3 is 0 Å². The van der Waals surface area contributed by atoms with Crippen LogP contribution in [0.3, 0.4) is 0 Å². The lowest BCUT2D eigenvalue weighted by Gasteiger charge is -2.06. The second-order valence-electron chi connectivity index (χ2n) is 5.41. The summed E-state index contributed by atoms with van der Waals surface area (Å²) in [5.74, 6) is 0.0293. The molecular formula is C18H16N6O2. The fourth-order valence-electron chi connectivity index (χ4n) is 2.36. The van der Waals surface area contributed by atoms with Crippen LogP contribution in [-0.2, 0) is 0 Å². The Labute approximate surface area is 149 Å². The molecule has 0 unspecified atom stereocenters. The molecule has 0 amide bonds. The summed E-state index contributed by atoms with van der Waals surface area (Å²) in [6, 6.07) is 14.8. The molecule has 0 aliphatic heterocycles. The molecule has 0 saturated heterocycles. The van der Waals surface area contributed by atoms with Crippen molar-refractivity contribution in [2.45, 2.75) is 0 Å². The lowest BCUT2D eigenvalue weighted by atomic mass is 10.1. The lowest BCUT2D eigenvalue weighted by molar-refractivity contribution is 0.318. The molecule has 0 spiro atoms. The van der Waals surface area contributed by atoms with Crippen LogP contribution in [0.5, 0.6) is 0 Å². The maximum atomic E-state index is 8.68. The van der Waals surface area contributed by atoms with Crippen molar-refractivity contribution in [1.29, 1.82) is 0 Å². The molecular weight excluding hydrogens is 332 g/mol. The summed E-state index contributed by atoms with van der Waals surface area (Å²) < 4.78 is 0. The zero-order valence-corrected chi connectivity index (χ0v) is 13.6. The molecule has 3 rings (SSSR count). The van der Waals surface area contributed by atoms with Crippen LogP contribution in [0.2, 0.25) is 0 Å². The van der Waals surface area contributed by atoms with E-state index in [1.807, 2.05) is 24.3 Å². The molecule has 0 aliphatic carbocycles. The minimum absolute atomic E-state index is 0.0146. The van der Waals surface area contributed by atoms with Crippen molar-refractivity contribution in [1.82, 2.24) is 9.97 Å². The molecule has 0 fully saturated rings. The molecule has 0 bridgehead atoms. The van der Waals surface area contributed by atoms with Gasteiger partial charge in [-0.2, -0.15) is 0 Å². The van der Waals surface area contributed by atoms with E-state index in [1.165, 1.54) is 0 Å². The van der Waals surface area contributed by atoms with Crippen LogP contribution in [0.1, 0.15) is 11.1 Å². The average molecular weight is 348 g/mol. The summed E-state index contributed by atoms with van der Waals surface area (Å²) in [6.07, 6.45) is 3.09. The third-order valence-electron chi connectivity index (χ3n) is 3.81. The smallest absolute Gasteiger partial charge is 0.171 e. The first-order valence-electron chi connectivity index (χ1n) is 7.61. The third kappa shape index (κ3) is 3.44. The van der Waals surface area contributed by atoms with E-state index in [2.05, 4.69) is 20.3 Å². The molecule has 2 heterocycles. The summed E-state index contributed by atoms with van der Waals surface area (Å²) >= 11 is 0. The van der Waals surface area contributed by atoms with E-state index in [9.17, 15) is 0 Å². The highest BCUT2D eigenvalue weighted by Crippen LogP contribution is 2.23. The van der Waals surface area contributed by atoms with Crippen molar-refractivity contribution in [2.75, 3.05) is 0 Å². The number of rotatable bonds is 4. The van der Waals surface area contributed by atoms with E-state index in [0.717, 1.165) is 22.5 Å². The second kappa shape index (κ2) is 7.31. The highest BCUT2D eigenvalue weighted by molar-refractivity contribution is 5.97. The number of oxime groups is 2. The predicted octanol–water partition coefficient (Wildman–Crippen LogP) is 2.00. The number of nitrogens with two attached hydrogens (primary N) is 2. The van der Waals surface area contributed by atoms with Crippen molar-refractivity contribution in [3.05, 3.63) is 72.1 Å². The largest absolute Gasteiger partial charge is 0.409 e. The van der Waals surface area contributed by atoms with E-state index < -0.39 is 0 Å². The molecule has 8 nitrogen and oxygen atoms in total. The fraction of sp³-hybridized carbons (Fsp3) is 0. The van der Waals surface area contributed by atoms with Gasteiger partial charge in [0.25, 0.3) is 0 Å². The van der Waals surface area contributed by atoms with Crippen LogP contribution in [0.15, 0.2) is 71.2 Å². The monoisotopic (exact) mass is 348 g/mol. The Morgan fingerprint density at radius 1 is 0.654 bits per heavy atom. The van der Waals surface area contributed by atoms with E-state index in [-0.39, 0.29) is 11.7 Å². The predicted molar refractivity (Wildman–Crippen MR) is 97.9 cm³/mol. The van der Waals surface area contributed by atoms with Crippen LogP contribution in [0, 0.1) is 0 Å². The molecule has 3 aromatic rings. The van der Waals surface area contributed by atoms with Gasteiger partial charge in [-0.05, 0) is 24.3 Å². The van der Waals surface area contributed by atoms with Crippen LogP contribution < -0.4 is 11.5 Å². The first-order valence-corrected chi connectivity index (χ1v) is 7.61. The summed E-state index contributed by atoms with van der Waals surface area (Å²) in [4.78, 5) is 8.64. The van der Waals surface area contributed by atoms with Gasteiger partial charge in [-0.3, -0.25) is 9.97 Å². The first-order chi connectivity index (χ1) is 12.6. The van der Waals surface area contributed by atoms with Gasteiger partial charge in [0.1, 0.15) is 0 Å². The standard InChI is InChI=1S/C18H16N6O2/c19-17(23-25)13-5-7-15(21-9-13)11-1-2-12(4-3-11)16-8-6-14(10-22-16)18(20)24-26/h1-10,25-26H,(H2,19,23)(H2,20,24). The van der Waals surface area contributed by atoms with Crippen LogP contribution in [-0.4, -0.2) is 32.1 Å². The van der Waals surface area contributed by atoms with Gasteiger partial charge in [0, 0.05) is 34.6 Å². The Hall–Kier alpha value is -3.94. The average Bonchev–Trinajstić information content (AvgIpc) is 2.73. The number of amidine groups is 2. The number of hydrogen-bond donors (Lipinski definition) is 4. The van der Waals surface area contributed by atoms with Crippen molar-refractivity contribution in [3.8, 4) is 22.5 Å². The Bertz CT molecular complexity index is 868. The second-order valence-corrected chi connectivity index (χ2v) is 5.41. The zero-order chi connectivity index (χ0) is 18.5. The topological polar surface area (TPSA) is 143 Å². The minimum Gasteiger partial charge on any atom is -0.409 e. The van der Waals surface area contributed by atoms with E-state index in [0.29, 0.717) is 11.1 Å². The molecule has 0 saturated carbocycles.